The summed E-state index contributed by atoms with van der Waals surface area (Å²) < 4.78 is 18.5. The standard InChI is InChI=1S/C11H11ClFN3O/c1-11(2,14)10-15-9(17-16-10)7-5-6(12)3-4-8(7)13/h3-5H,14H2,1-2H3. The molecule has 0 atom stereocenters. The van der Waals surface area contributed by atoms with Gasteiger partial charge in [0.1, 0.15) is 5.82 Å². The van der Waals surface area contributed by atoms with Crippen molar-refractivity contribution in [3.8, 4) is 11.5 Å². The number of hydrogen-bond donors (Lipinski definition) is 1. The van der Waals surface area contributed by atoms with Crippen LogP contribution in [0.4, 0.5) is 4.39 Å². The van der Waals surface area contributed by atoms with E-state index < -0.39 is 11.4 Å². The fourth-order valence-corrected chi connectivity index (χ4v) is 1.43. The van der Waals surface area contributed by atoms with Gasteiger partial charge >= 0.3 is 0 Å². The van der Waals surface area contributed by atoms with Crippen LogP contribution in [-0.4, -0.2) is 10.1 Å². The van der Waals surface area contributed by atoms with E-state index in [0.717, 1.165) is 0 Å². The van der Waals surface area contributed by atoms with Crippen molar-refractivity contribution >= 4 is 11.6 Å². The maximum atomic E-state index is 13.5. The van der Waals surface area contributed by atoms with Crippen LogP contribution in [0.15, 0.2) is 22.7 Å². The average molecular weight is 256 g/mol. The SMILES string of the molecule is CC(C)(N)c1noc(-c2cc(Cl)ccc2F)n1. The molecule has 2 aromatic rings. The Morgan fingerprint density at radius 2 is 2.12 bits per heavy atom. The van der Waals surface area contributed by atoms with Gasteiger partial charge in [-0.05, 0) is 32.0 Å². The molecular formula is C11H11ClFN3O. The lowest BCUT2D eigenvalue weighted by Gasteiger charge is -2.11. The van der Waals surface area contributed by atoms with Crippen LogP contribution in [0.3, 0.4) is 0 Å². The zero-order chi connectivity index (χ0) is 12.6. The molecule has 0 aliphatic heterocycles. The Hall–Kier alpha value is -1.46. The summed E-state index contributed by atoms with van der Waals surface area (Å²) in [6.07, 6.45) is 0. The van der Waals surface area contributed by atoms with Crippen LogP contribution in [0.5, 0.6) is 0 Å². The minimum Gasteiger partial charge on any atom is -0.334 e. The van der Waals surface area contributed by atoms with Gasteiger partial charge in [0.2, 0.25) is 0 Å². The zero-order valence-corrected chi connectivity index (χ0v) is 10.1. The molecule has 90 valence electrons. The molecule has 0 radical (unpaired) electrons. The Balaban J connectivity index is 2.47. The highest BCUT2D eigenvalue weighted by atomic mass is 35.5. The molecule has 6 heteroatoms. The van der Waals surface area contributed by atoms with E-state index in [0.29, 0.717) is 10.8 Å². The Labute approximate surface area is 103 Å². The minimum absolute atomic E-state index is 0.0681. The molecule has 0 fully saturated rings. The number of aromatic nitrogens is 2. The molecule has 0 spiro atoms. The number of halogens is 2. The third-order valence-electron chi connectivity index (χ3n) is 2.16. The highest BCUT2D eigenvalue weighted by Crippen LogP contribution is 2.26. The molecule has 2 rings (SSSR count). The summed E-state index contributed by atoms with van der Waals surface area (Å²) in [4.78, 5) is 4.05. The second-order valence-electron chi connectivity index (χ2n) is 4.27. The lowest BCUT2D eigenvalue weighted by atomic mass is 10.1. The quantitative estimate of drug-likeness (QED) is 0.896. The van der Waals surface area contributed by atoms with E-state index in [-0.39, 0.29) is 11.5 Å². The third kappa shape index (κ3) is 2.45. The summed E-state index contributed by atoms with van der Waals surface area (Å²) in [6.45, 7) is 3.46. The predicted molar refractivity (Wildman–Crippen MR) is 61.9 cm³/mol. The summed E-state index contributed by atoms with van der Waals surface area (Å²) in [6, 6.07) is 4.12. The van der Waals surface area contributed by atoms with Gasteiger partial charge in [-0.1, -0.05) is 16.8 Å². The molecule has 0 aliphatic carbocycles. The van der Waals surface area contributed by atoms with Gasteiger partial charge in [0.05, 0.1) is 11.1 Å². The van der Waals surface area contributed by atoms with Gasteiger partial charge in [-0.15, -0.1) is 0 Å². The first-order valence-electron chi connectivity index (χ1n) is 4.96. The molecule has 17 heavy (non-hydrogen) atoms. The monoisotopic (exact) mass is 255 g/mol. The Bertz CT molecular complexity index is 548. The van der Waals surface area contributed by atoms with Crippen molar-refractivity contribution < 1.29 is 8.91 Å². The second-order valence-corrected chi connectivity index (χ2v) is 4.71. The van der Waals surface area contributed by atoms with Crippen molar-refractivity contribution in [2.75, 3.05) is 0 Å². The zero-order valence-electron chi connectivity index (χ0n) is 9.37. The Kier molecular flexibility index (Phi) is 2.89. The van der Waals surface area contributed by atoms with Crippen molar-refractivity contribution in [2.45, 2.75) is 19.4 Å². The molecule has 0 aliphatic rings. The van der Waals surface area contributed by atoms with Gasteiger partial charge in [-0.2, -0.15) is 4.98 Å². The van der Waals surface area contributed by atoms with E-state index in [2.05, 4.69) is 10.1 Å². The van der Waals surface area contributed by atoms with Crippen molar-refractivity contribution in [2.24, 2.45) is 5.73 Å². The molecule has 0 unspecified atom stereocenters. The van der Waals surface area contributed by atoms with Crippen molar-refractivity contribution in [3.05, 3.63) is 34.9 Å². The first kappa shape index (κ1) is 12.0. The van der Waals surface area contributed by atoms with Crippen LogP contribution in [0.2, 0.25) is 5.02 Å². The second kappa shape index (κ2) is 4.09. The number of rotatable bonds is 2. The van der Waals surface area contributed by atoms with E-state index in [9.17, 15) is 4.39 Å². The van der Waals surface area contributed by atoms with Crippen LogP contribution in [-0.2, 0) is 5.54 Å². The number of benzene rings is 1. The molecule has 2 N–H and O–H groups in total. The van der Waals surface area contributed by atoms with Crippen molar-refractivity contribution in [1.29, 1.82) is 0 Å². The van der Waals surface area contributed by atoms with E-state index in [4.69, 9.17) is 21.9 Å². The van der Waals surface area contributed by atoms with Crippen molar-refractivity contribution in [3.63, 3.8) is 0 Å². The summed E-state index contributed by atoms with van der Waals surface area (Å²) in [5.74, 6) is -0.0928. The van der Waals surface area contributed by atoms with Crippen LogP contribution in [0.1, 0.15) is 19.7 Å². The molecule has 4 nitrogen and oxygen atoms in total. The van der Waals surface area contributed by atoms with Gasteiger partial charge in [0, 0.05) is 5.02 Å². The highest BCUT2D eigenvalue weighted by Gasteiger charge is 2.23. The van der Waals surface area contributed by atoms with E-state index in [1.807, 2.05) is 0 Å². The first-order valence-corrected chi connectivity index (χ1v) is 5.34. The summed E-state index contributed by atoms with van der Waals surface area (Å²) >= 11 is 5.78. The third-order valence-corrected chi connectivity index (χ3v) is 2.40. The number of hydrogen-bond acceptors (Lipinski definition) is 4. The van der Waals surface area contributed by atoms with Gasteiger partial charge in [-0.25, -0.2) is 4.39 Å². The van der Waals surface area contributed by atoms with Gasteiger partial charge in [0.25, 0.3) is 5.89 Å². The first-order chi connectivity index (χ1) is 7.88. The van der Waals surface area contributed by atoms with E-state index in [1.54, 1.807) is 13.8 Å². The van der Waals surface area contributed by atoms with Crippen LogP contribution < -0.4 is 5.73 Å². The average Bonchev–Trinajstić information content (AvgIpc) is 2.70. The largest absolute Gasteiger partial charge is 0.334 e. The molecule has 1 aromatic heterocycles. The fraction of sp³-hybridized carbons (Fsp3) is 0.273. The van der Waals surface area contributed by atoms with Crippen molar-refractivity contribution in [1.82, 2.24) is 10.1 Å². The van der Waals surface area contributed by atoms with Crippen LogP contribution in [0.25, 0.3) is 11.5 Å². The minimum atomic E-state index is -0.739. The number of nitrogens with two attached hydrogens (primary N) is 1. The Morgan fingerprint density at radius 1 is 1.41 bits per heavy atom. The van der Waals surface area contributed by atoms with Gasteiger partial charge in [0.15, 0.2) is 5.82 Å². The van der Waals surface area contributed by atoms with E-state index >= 15 is 0 Å². The molecule has 1 heterocycles. The van der Waals surface area contributed by atoms with Gasteiger partial charge < -0.3 is 10.3 Å². The topological polar surface area (TPSA) is 64.9 Å². The predicted octanol–water partition coefficient (Wildman–Crippen LogP) is 2.72. The summed E-state index contributed by atoms with van der Waals surface area (Å²) in [7, 11) is 0. The lowest BCUT2D eigenvalue weighted by Crippen LogP contribution is -2.30. The fourth-order valence-electron chi connectivity index (χ4n) is 1.26. The number of nitrogens with zero attached hydrogens (tertiary/aromatic N) is 2. The molecular weight excluding hydrogens is 245 g/mol. The maximum Gasteiger partial charge on any atom is 0.261 e. The van der Waals surface area contributed by atoms with Crippen LogP contribution >= 0.6 is 11.6 Å². The molecule has 1 aromatic carbocycles. The maximum absolute atomic E-state index is 13.5. The molecule has 0 amide bonds. The van der Waals surface area contributed by atoms with Gasteiger partial charge in [-0.3, -0.25) is 0 Å². The molecule has 0 saturated heterocycles. The molecule has 0 saturated carbocycles. The van der Waals surface area contributed by atoms with E-state index in [1.165, 1.54) is 18.2 Å². The summed E-state index contributed by atoms with van der Waals surface area (Å²) in [5.41, 5.74) is 5.24. The molecule has 0 bridgehead atoms. The smallest absolute Gasteiger partial charge is 0.261 e. The highest BCUT2D eigenvalue weighted by molar-refractivity contribution is 6.30. The Morgan fingerprint density at radius 3 is 2.71 bits per heavy atom. The lowest BCUT2D eigenvalue weighted by molar-refractivity contribution is 0.396. The van der Waals surface area contributed by atoms with Crippen LogP contribution in [0, 0.1) is 5.82 Å². The normalized spacial score (nSPS) is 11.8. The summed E-state index contributed by atoms with van der Waals surface area (Å²) in [5, 5.41) is 4.11.